The number of halogens is 1. The fourth-order valence-corrected chi connectivity index (χ4v) is 4.64. The Morgan fingerprint density at radius 1 is 1.32 bits per heavy atom. The van der Waals surface area contributed by atoms with Crippen molar-refractivity contribution in [2.45, 2.75) is 17.9 Å². The van der Waals surface area contributed by atoms with Crippen molar-refractivity contribution in [1.29, 1.82) is 0 Å². The highest BCUT2D eigenvalue weighted by molar-refractivity contribution is 7.91. The van der Waals surface area contributed by atoms with Gasteiger partial charge in [-0.3, -0.25) is 0 Å². The van der Waals surface area contributed by atoms with Crippen LogP contribution < -0.4 is 10.5 Å². The summed E-state index contributed by atoms with van der Waals surface area (Å²) in [4.78, 5) is -0.239. The van der Waals surface area contributed by atoms with Crippen LogP contribution in [-0.2, 0) is 19.9 Å². The van der Waals surface area contributed by atoms with Crippen LogP contribution in [0.1, 0.15) is 6.92 Å². The van der Waals surface area contributed by atoms with Crippen LogP contribution in [0.2, 0.25) is 5.02 Å². The highest BCUT2D eigenvalue weighted by Crippen LogP contribution is 2.26. The second-order valence-electron chi connectivity index (χ2n) is 4.27. The Balaban J connectivity index is 3.06. The summed E-state index contributed by atoms with van der Waals surface area (Å²) >= 11 is 5.81. The van der Waals surface area contributed by atoms with E-state index in [0.29, 0.717) is 0 Å². The molecule has 0 spiro atoms. The lowest BCUT2D eigenvalue weighted by atomic mass is 10.3. The van der Waals surface area contributed by atoms with Crippen LogP contribution in [0.3, 0.4) is 0 Å². The summed E-state index contributed by atoms with van der Waals surface area (Å²) < 4.78 is 48.7. The van der Waals surface area contributed by atoms with Gasteiger partial charge in [-0.05, 0) is 19.1 Å². The second-order valence-corrected chi connectivity index (χ2v) is 8.52. The monoisotopic (exact) mass is 326 g/mol. The molecule has 0 aliphatic heterocycles. The molecule has 0 bridgehead atoms. The van der Waals surface area contributed by atoms with Crippen LogP contribution >= 0.6 is 11.6 Å². The zero-order chi connectivity index (χ0) is 14.8. The summed E-state index contributed by atoms with van der Waals surface area (Å²) in [7, 11) is -7.25. The van der Waals surface area contributed by atoms with Gasteiger partial charge in [0.25, 0.3) is 0 Å². The predicted molar refractivity (Wildman–Crippen MR) is 75.4 cm³/mol. The fourth-order valence-electron chi connectivity index (χ4n) is 1.62. The molecule has 3 N–H and O–H groups in total. The topological polar surface area (TPSA) is 106 Å². The van der Waals surface area contributed by atoms with Gasteiger partial charge in [0.05, 0.1) is 16.5 Å². The van der Waals surface area contributed by atoms with Gasteiger partial charge in [-0.1, -0.05) is 17.7 Å². The maximum absolute atomic E-state index is 12.1. The summed E-state index contributed by atoms with van der Waals surface area (Å²) in [6.07, 6.45) is 1.03. The highest BCUT2D eigenvalue weighted by Gasteiger charge is 2.24. The first-order valence-corrected chi connectivity index (χ1v) is 9.19. The molecular weight excluding hydrogens is 312 g/mol. The average Bonchev–Trinajstić information content (AvgIpc) is 2.11. The van der Waals surface area contributed by atoms with Crippen molar-refractivity contribution >= 4 is 37.1 Å². The number of sulfonamides is 1. The van der Waals surface area contributed by atoms with Crippen LogP contribution in [0.15, 0.2) is 23.1 Å². The van der Waals surface area contributed by atoms with E-state index in [1.54, 1.807) is 0 Å². The van der Waals surface area contributed by atoms with Crippen molar-refractivity contribution in [3.63, 3.8) is 0 Å². The number of anilines is 1. The van der Waals surface area contributed by atoms with Crippen molar-refractivity contribution in [1.82, 2.24) is 4.72 Å². The molecule has 0 saturated carbocycles. The molecule has 0 saturated heterocycles. The minimum atomic E-state index is -3.96. The van der Waals surface area contributed by atoms with Gasteiger partial charge < -0.3 is 5.73 Å². The van der Waals surface area contributed by atoms with E-state index in [-0.39, 0.29) is 21.4 Å². The van der Waals surface area contributed by atoms with Gasteiger partial charge in [0.1, 0.15) is 14.7 Å². The molecule has 0 aliphatic rings. The molecular formula is C10H15ClN2O4S2. The standard InChI is InChI=1S/C10H15ClN2O4S2/c1-7(6-18(2,14)15)13-19(16,17)10-8(11)4-3-5-9(10)12/h3-5,7,13H,6,12H2,1-2H3. The lowest BCUT2D eigenvalue weighted by Gasteiger charge is -2.15. The Morgan fingerprint density at radius 2 is 1.89 bits per heavy atom. The van der Waals surface area contributed by atoms with Gasteiger partial charge in [-0.25, -0.2) is 21.6 Å². The van der Waals surface area contributed by atoms with Crippen molar-refractivity contribution in [2.75, 3.05) is 17.7 Å². The summed E-state index contributed by atoms with van der Waals surface area (Å²) in [5.74, 6) is -0.309. The largest absolute Gasteiger partial charge is 0.398 e. The van der Waals surface area contributed by atoms with Crippen LogP contribution in [-0.4, -0.2) is 34.9 Å². The number of sulfone groups is 1. The van der Waals surface area contributed by atoms with Crippen LogP contribution in [0.25, 0.3) is 0 Å². The Morgan fingerprint density at radius 3 is 2.37 bits per heavy atom. The van der Waals surface area contributed by atoms with Gasteiger partial charge in [0.2, 0.25) is 10.0 Å². The van der Waals surface area contributed by atoms with E-state index in [0.717, 1.165) is 6.26 Å². The highest BCUT2D eigenvalue weighted by atomic mass is 35.5. The quantitative estimate of drug-likeness (QED) is 0.772. The molecule has 0 amide bonds. The smallest absolute Gasteiger partial charge is 0.244 e. The van der Waals surface area contributed by atoms with E-state index < -0.39 is 25.9 Å². The van der Waals surface area contributed by atoms with Crippen LogP contribution in [0.5, 0.6) is 0 Å². The third-order valence-corrected chi connectivity index (χ3v) is 5.41. The summed E-state index contributed by atoms with van der Waals surface area (Å²) in [5, 5.41) is -0.0148. The van der Waals surface area contributed by atoms with Gasteiger partial charge in [-0.2, -0.15) is 0 Å². The molecule has 19 heavy (non-hydrogen) atoms. The first-order chi connectivity index (χ1) is 8.53. The van der Waals surface area contributed by atoms with Gasteiger partial charge in [0, 0.05) is 12.3 Å². The molecule has 1 rings (SSSR count). The first kappa shape index (κ1) is 16.2. The van der Waals surface area contributed by atoms with Crippen molar-refractivity contribution in [3.8, 4) is 0 Å². The number of nitrogens with one attached hydrogen (secondary N) is 1. The molecule has 1 aromatic carbocycles. The number of nitrogens with two attached hydrogens (primary N) is 1. The first-order valence-electron chi connectivity index (χ1n) is 5.27. The number of benzene rings is 1. The molecule has 108 valence electrons. The van der Waals surface area contributed by atoms with Crippen LogP contribution in [0.4, 0.5) is 5.69 Å². The summed E-state index contributed by atoms with van der Waals surface area (Å²) in [5.41, 5.74) is 5.59. The zero-order valence-corrected chi connectivity index (χ0v) is 12.8. The number of nitrogen functional groups attached to an aromatic ring is 1. The molecule has 1 aromatic rings. The molecule has 0 heterocycles. The SMILES string of the molecule is CC(CS(C)(=O)=O)NS(=O)(=O)c1c(N)cccc1Cl. The average molecular weight is 327 g/mol. The Kier molecular flexibility index (Phi) is 4.83. The minimum Gasteiger partial charge on any atom is -0.398 e. The summed E-state index contributed by atoms with van der Waals surface area (Å²) in [6, 6.07) is 3.54. The molecule has 0 aromatic heterocycles. The molecule has 0 aliphatic carbocycles. The second kappa shape index (κ2) is 5.66. The Labute approximate surface area is 117 Å². The van der Waals surface area contributed by atoms with E-state index in [1.807, 2.05) is 0 Å². The Bertz CT molecular complexity index is 651. The Hall–Kier alpha value is -0.830. The molecule has 9 heteroatoms. The lowest BCUT2D eigenvalue weighted by molar-refractivity contribution is 0.565. The normalized spacial score (nSPS) is 14.3. The third kappa shape index (κ3) is 4.64. The maximum atomic E-state index is 12.1. The third-order valence-electron chi connectivity index (χ3n) is 2.18. The van der Waals surface area contributed by atoms with Crippen molar-refractivity contribution < 1.29 is 16.8 Å². The number of rotatable bonds is 5. The van der Waals surface area contributed by atoms with Gasteiger partial charge >= 0.3 is 0 Å². The molecule has 6 nitrogen and oxygen atoms in total. The maximum Gasteiger partial charge on any atom is 0.244 e. The van der Waals surface area contributed by atoms with E-state index in [1.165, 1.54) is 25.1 Å². The van der Waals surface area contributed by atoms with Crippen molar-refractivity contribution in [3.05, 3.63) is 23.2 Å². The van der Waals surface area contributed by atoms with Crippen LogP contribution in [0, 0.1) is 0 Å². The number of hydrogen-bond acceptors (Lipinski definition) is 5. The van der Waals surface area contributed by atoms with E-state index in [2.05, 4.69) is 4.72 Å². The zero-order valence-electron chi connectivity index (χ0n) is 10.4. The predicted octanol–water partition coefficient (Wildman–Crippen LogP) is 0.634. The molecule has 1 atom stereocenters. The fraction of sp³-hybridized carbons (Fsp3) is 0.400. The lowest BCUT2D eigenvalue weighted by Crippen LogP contribution is -2.37. The molecule has 0 radical (unpaired) electrons. The minimum absolute atomic E-state index is 0.00607. The van der Waals surface area contributed by atoms with E-state index in [9.17, 15) is 16.8 Å². The molecule has 1 unspecified atom stereocenters. The molecule has 0 fully saturated rings. The van der Waals surface area contributed by atoms with Gasteiger partial charge in [-0.15, -0.1) is 0 Å². The van der Waals surface area contributed by atoms with Gasteiger partial charge in [0.15, 0.2) is 0 Å². The number of hydrogen-bond donors (Lipinski definition) is 2. The summed E-state index contributed by atoms with van der Waals surface area (Å²) in [6.45, 7) is 1.45. The van der Waals surface area contributed by atoms with E-state index in [4.69, 9.17) is 17.3 Å². The van der Waals surface area contributed by atoms with E-state index >= 15 is 0 Å². The van der Waals surface area contributed by atoms with Crippen molar-refractivity contribution in [2.24, 2.45) is 0 Å².